The van der Waals surface area contributed by atoms with Gasteiger partial charge in [-0.05, 0) is 0 Å². The van der Waals surface area contributed by atoms with Crippen LogP contribution in [-0.4, -0.2) is 11.9 Å². The van der Waals surface area contributed by atoms with Crippen LogP contribution in [0, 0.1) is 64.3 Å². The Hall–Kier alpha value is 0.440. The quantitative estimate of drug-likeness (QED) is 0.430. The van der Waals surface area contributed by atoms with Crippen LogP contribution in [0.3, 0.4) is 0 Å². The van der Waals surface area contributed by atoms with Gasteiger partial charge >= 0.3 is 30.2 Å². The van der Waals surface area contributed by atoms with Crippen molar-refractivity contribution >= 4 is 31.7 Å². The van der Waals surface area contributed by atoms with Gasteiger partial charge in [0, 0.05) is 0 Å². The van der Waals surface area contributed by atoms with E-state index in [9.17, 15) is 0 Å². The summed E-state index contributed by atoms with van der Waals surface area (Å²) < 4.78 is 0. The number of hydrogen-bond donors (Lipinski definition) is 1. The summed E-state index contributed by atoms with van der Waals surface area (Å²) >= 11 is 1.58. The molecule has 5 heteroatoms. The van der Waals surface area contributed by atoms with Crippen LogP contribution in [0.15, 0.2) is 36.6 Å². The Morgan fingerprint density at radius 2 is 1.38 bits per heavy atom. The van der Waals surface area contributed by atoms with E-state index in [1.54, 1.807) is 23.3 Å². The second-order valence-corrected chi connectivity index (χ2v) is 1.82. The summed E-state index contributed by atoms with van der Waals surface area (Å²) in [5, 5.41) is 0. The van der Waals surface area contributed by atoms with Crippen LogP contribution in [0.25, 0.3) is 0 Å². The van der Waals surface area contributed by atoms with Gasteiger partial charge in [-0.15, -0.1) is 37.4 Å². The minimum atomic E-state index is 0. The SMILES string of the molecule is Cl.Cl.[C-]1=CC=CC1.[CH3-].[CH3-].[CH3-].[CH3-].[CH3-].[CH3-].[CH3-].[SiH2]=[Zr].[c-]1ccc[nH]1. The fourth-order valence-electron chi connectivity index (χ4n) is 0.581. The van der Waals surface area contributed by atoms with E-state index in [4.69, 9.17) is 0 Å². The number of nitrogens with one attached hydrogen (secondary N) is 1. The molecule has 0 amide bonds. The molecule has 1 nitrogen and oxygen atoms in total. The summed E-state index contributed by atoms with van der Waals surface area (Å²) in [6.45, 7) is 1.95. The topological polar surface area (TPSA) is 15.8 Å². The molecule has 2 rings (SSSR count). The minimum absolute atomic E-state index is 0. The predicted octanol–water partition coefficient (Wildman–Crippen LogP) is 5.20. The van der Waals surface area contributed by atoms with E-state index >= 15 is 0 Å². The van der Waals surface area contributed by atoms with Gasteiger partial charge in [-0.25, -0.2) is 12.2 Å². The Morgan fingerprint density at radius 1 is 0.905 bits per heavy atom. The number of hydrogen-bond acceptors (Lipinski definition) is 0. The van der Waals surface area contributed by atoms with Crippen LogP contribution in [0.5, 0.6) is 0 Å². The monoisotopic (exact) mass is 428 g/mol. The van der Waals surface area contributed by atoms with Crippen molar-refractivity contribution in [2.75, 3.05) is 0 Å². The molecule has 0 unspecified atom stereocenters. The average Bonchev–Trinajstić information content (AvgIpc) is 2.87. The number of allylic oxidation sites excluding steroid dienone is 4. The molecule has 1 aliphatic rings. The molecule has 0 atom stereocenters. The number of aromatic amines is 1. The maximum Gasteiger partial charge on any atom is -0.108 e. The molecule has 0 fully saturated rings. The third kappa shape index (κ3) is 63.8. The number of H-pyrrole nitrogens is 1. The van der Waals surface area contributed by atoms with E-state index in [1.807, 2.05) is 37.4 Å². The van der Waals surface area contributed by atoms with Crippen LogP contribution >= 0.6 is 24.8 Å². The summed E-state index contributed by atoms with van der Waals surface area (Å²) in [5.74, 6) is 0. The van der Waals surface area contributed by atoms with Crippen LogP contribution in [-0.2, 0) is 23.3 Å². The summed E-state index contributed by atoms with van der Waals surface area (Å²) in [7, 11) is 0. The van der Waals surface area contributed by atoms with Crippen molar-refractivity contribution in [1.29, 1.82) is 0 Å². The van der Waals surface area contributed by atoms with Crippen molar-refractivity contribution in [3.05, 3.63) is 101 Å². The number of halogens is 2. The third-order valence-corrected chi connectivity index (χ3v) is 1.03. The van der Waals surface area contributed by atoms with Crippen molar-refractivity contribution in [1.82, 2.24) is 4.98 Å². The normalized spacial score (nSPS) is 6.24. The summed E-state index contributed by atoms with van der Waals surface area (Å²) in [6.07, 6.45) is 14.6. The predicted molar refractivity (Wildman–Crippen MR) is 109 cm³/mol. The number of aromatic nitrogens is 1. The molecule has 0 aliphatic heterocycles. The molecule has 0 saturated carbocycles. The molecule has 134 valence electrons. The zero-order valence-corrected chi connectivity index (χ0v) is 20.2. The Labute approximate surface area is 166 Å². The molecule has 0 bridgehead atoms. The first-order valence-corrected chi connectivity index (χ1v) is 9.49. The maximum absolute atomic E-state index is 2.99. The number of rotatable bonds is 0. The van der Waals surface area contributed by atoms with Crippen molar-refractivity contribution in [2.24, 2.45) is 0 Å². The largest absolute Gasteiger partial charge is 0.484 e. The Bertz CT molecular complexity index is 201. The van der Waals surface area contributed by atoms with E-state index in [0.29, 0.717) is 0 Å². The second-order valence-electron chi connectivity index (χ2n) is 1.82. The Balaban J connectivity index is -0.00000000932. The van der Waals surface area contributed by atoms with Crippen molar-refractivity contribution in [3.63, 3.8) is 0 Å². The van der Waals surface area contributed by atoms with Crippen LogP contribution < -0.4 is 0 Å². The maximum atomic E-state index is 2.99. The Kier molecular flexibility index (Phi) is 231. The van der Waals surface area contributed by atoms with Gasteiger partial charge < -0.3 is 57.0 Å². The molecule has 0 spiro atoms. The van der Waals surface area contributed by atoms with Crippen molar-refractivity contribution in [2.45, 2.75) is 6.42 Å². The zero-order valence-electron chi connectivity index (χ0n) is 14.7. The summed E-state index contributed by atoms with van der Waals surface area (Å²) in [6, 6.07) is 3.71. The van der Waals surface area contributed by atoms with E-state index in [1.165, 1.54) is 0 Å². The first-order chi connectivity index (χ1) is 6.00. The van der Waals surface area contributed by atoms with Gasteiger partial charge in [-0.1, -0.05) is 0 Å². The summed E-state index contributed by atoms with van der Waals surface area (Å²) in [5.41, 5.74) is 0. The zero-order chi connectivity index (χ0) is 9.07. The van der Waals surface area contributed by atoms with Gasteiger partial charge in [-0.3, -0.25) is 6.08 Å². The molecule has 0 radical (unpaired) electrons. The Morgan fingerprint density at radius 3 is 1.48 bits per heavy atom. The first-order valence-electron chi connectivity index (χ1n) is 3.56. The molecule has 1 aromatic heterocycles. The van der Waals surface area contributed by atoms with Crippen molar-refractivity contribution in [3.8, 4) is 0 Å². The second kappa shape index (κ2) is 70.9. The standard InChI is InChI=1S/C5H5.C4H4N.7CH3.2ClH.H2Si.Zr/c2*1-2-4-5-3-1;;;;;;;;;;;/h1-3H,4H2;1-3,5H;7*1H3;2*1H;1H2;/q9*-1;;;;. The molecular formula is C16H34Cl2NSiZr-9. The van der Waals surface area contributed by atoms with E-state index in [0.717, 1.165) is 6.42 Å². The molecule has 1 heterocycles. The summed E-state index contributed by atoms with van der Waals surface area (Å²) in [4.78, 5) is 2.74. The van der Waals surface area contributed by atoms with Gasteiger partial charge in [-0.2, -0.15) is 24.4 Å². The van der Waals surface area contributed by atoms with E-state index in [2.05, 4.69) is 23.3 Å². The van der Waals surface area contributed by atoms with E-state index < -0.39 is 0 Å². The fourth-order valence-corrected chi connectivity index (χ4v) is 0.581. The van der Waals surface area contributed by atoms with Crippen molar-refractivity contribution < 1.29 is 23.3 Å². The van der Waals surface area contributed by atoms with Crippen LogP contribution in [0.1, 0.15) is 6.42 Å². The van der Waals surface area contributed by atoms with Crippen LogP contribution in [0.2, 0.25) is 0 Å². The van der Waals surface area contributed by atoms with Gasteiger partial charge in [0.05, 0.1) is 0 Å². The molecular weight excluding hydrogens is 396 g/mol. The smallest absolute Gasteiger partial charge is 0.108 e. The van der Waals surface area contributed by atoms with Gasteiger partial charge in [0.15, 0.2) is 0 Å². The first kappa shape index (κ1) is 68.4. The molecule has 1 N–H and O–H groups in total. The van der Waals surface area contributed by atoms with Gasteiger partial charge in [0.2, 0.25) is 0 Å². The van der Waals surface area contributed by atoms with Crippen LogP contribution in [0.4, 0.5) is 0 Å². The molecule has 0 saturated heterocycles. The molecule has 1 aromatic rings. The minimum Gasteiger partial charge on any atom is -0.484 e. The van der Waals surface area contributed by atoms with E-state index in [-0.39, 0.29) is 76.8 Å². The molecule has 0 aromatic carbocycles. The third-order valence-electron chi connectivity index (χ3n) is 1.03. The molecule has 21 heavy (non-hydrogen) atoms. The molecule has 1 aliphatic carbocycles. The van der Waals surface area contributed by atoms with Gasteiger partial charge in [0.25, 0.3) is 0 Å². The average molecular weight is 431 g/mol. The fraction of sp³-hybridized carbons (Fsp3) is 0.0625. The van der Waals surface area contributed by atoms with Gasteiger partial charge in [0.1, 0.15) is 0 Å².